The van der Waals surface area contributed by atoms with Crippen LogP contribution in [0.3, 0.4) is 0 Å². The molecule has 1 aliphatic heterocycles. The van der Waals surface area contributed by atoms with Gasteiger partial charge >= 0.3 is 5.97 Å². The molecule has 14 heavy (non-hydrogen) atoms. The number of nitrogens with one attached hydrogen (secondary N) is 1. The first kappa shape index (κ1) is 11.9. The van der Waals surface area contributed by atoms with Crippen LogP contribution in [0.25, 0.3) is 0 Å². The molecule has 1 rings (SSSR count). The molecule has 0 aromatic carbocycles. The van der Waals surface area contributed by atoms with Crippen LogP contribution >= 0.6 is 9.24 Å². The Morgan fingerprint density at radius 3 is 2.64 bits per heavy atom. The minimum atomic E-state index is -0.173. The Morgan fingerprint density at radius 2 is 2.07 bits per heavy atom. The Labute approximate surface area is 88.2 Å². The van der Waals surface area contributed by atoms with E-state index in [4.69, 9.17) is 4.74 Å². The van der Waals surface area contributed by atoms with Gasteiger partial charge in [0.15, 0.2) is 0 Å². The third-order valence-electron chi connectivity index (χ3n) is 2.90. The fraction of sp³-hybridized carbons (Fsp3) is 0.900. The van der Waals surface area contributed by atoms with Crippen LogP contribution in [0.2, 0.25) is 0 Å². The molecule has 5 atom stereocenters. The minimum absolute atomic E-state index is 0.0463. The molecule has 1 heterocycles. The van der Waals surface area contributed by atoms with Gasteiger partial charge < -0.3 is 10.1 Å². The van der Waals surface area contributed by atoms with E-state index in [1.807, 2.05) is 0 Å². The molecule has 0 saturated carbocycles. The maximum absolute atomic E-state index is 11.0. The van der Waals surface area contributed by atoms with Gasteiger partial charge in [0.1, 0.15) is 6.10 Å². The van der Waals surface area contributed by atoms with Crippen molar-refractivity contribution in [3.05, 3.63) is 0 Å². The van der Waals surface area contributed by atoms with Crippen LogP contribution in [-0.2, 0) is 9.53 Å². The average molecular weight is 217 g/mol. The summed E-state index contributed by atoms with van der Waals surface area (Å²) in [5.41, 5.74) is 0.476. The highest BCUT2D eigenvalue weighted by Crippen LogP contribution is 2.26. The van der Waals surface area contributed by atoms with E-state index in [2.05, 4.69) is 28.4 Å². The summed E-state index contributed by atoms with van der Waals surface area (Å²) in [6.07, 6.45) is 0.0463. The Kier molecular flexibility index (Phi) is 4.33. The summed E-state index contributed by atoms with van der Waals surface area (Å²) in [4.78, 5) is 11.0. The zero-order valence-electron chi connectivity index (χ0n) is 9.12. The molecule has 0 aromatic rings. The van der Waals surface area contributed by atoms with Gasteiger partial charge in [0, 0.05) is 31.8 Å². The third kappa shape index (κ3) is 2.93. The molecule has 5 unspecified atom stereocenters. The molecule has 1 aliphatic rings. The Hall–Kier alpha value is -0.140. The van der Waals surface area contributed by atoms with Crippen LogP contribution in [0.5, 0.6) is 0 Å². The first-order valence-corrected chi connectivity index (χ1v) is 5.82. The van der Waals surface area contributed by atoms with Crippen molar-refractivity contribution in [2.45, 2.75) is 32.5 Å². The second kappa shape index (κ2) is 5.09. The van der Waals surface area contributed by atoms with Crippen molar-refractivity contribution in [2.24, 2.45) is 11.8 Å². The lowest BCUT2D eigenvalue weighted by Gasteiger charge is -2.28. The maximum atomic E-state index is 11.0. The zero-order chi connectivity index (χ0) is 10.7. The van der Waals surface area contributed by atoms with Crippen LogP contribution < -0.4 is 5.32 Å². The van der Waals surface area contributed by atoms with Crippen molar-refractivity contribution < 1.29 is 9.53 Å². The molecule has 0 spiro atoms. The van der Waals surface area contributed by atoms with E-state index in [0.29, 0.717) is 17.5 Å². The van der Waals surface area contributed by atoms with E-state index in [9.17, 15) is 4.79 Å². The third-order valence-corrected chi connectivity index (χ3v) is 3.75. The molecule has 1 fully saturated rings. The second-order valence-corrected chi connectivity index (χ2v) is 5.09. The lowest BCUT2D eigenvalue weighted by atomic mass is 9.92. The first-order valence-electron chi connectivity index (χ1n) is 5.16. The summed E-state index contributed by atoms with van der Waals surface area (Å²) < 4.78 is 5.37. The van der Waals surface area contributed by atoms with E-state index >= 15 is 0 Å². The van der Waals surface area contributed by atoms with Crippen molar-refractivity contribution in [3.8, 4) is 0 Å². The Balaban J connectivity index is 2.68. The SMILES string of the molecule is CC(=O)OC1C(C)CNCC(P)C1C. The van der Waals surface area contributed by atoms with E-state index in [1.165, 1.54) is 6.92 Å². The summed E-state index contributed by atoms with van der Waals surface area (Å²) in [6, 6.07) is 0. The maximum Gasteiger partial charge on any atom is 0.302 e. The van der Waals surface area contributed by atoms with Gasteiger partial charge in [-0.1, -0.05) is 13.8 Å². The summed E-state index contributed by atoms with van der Waals surface area (Å²) in [5.74, 6) is 0.612. The van der Waals surface area contributed by atoms with Crippen LogP contribution in [0, 0.1) is 11.8 Å². The number of hydrogen-bond acceptors (Lipinski definition) is 3. The van der Waals surface area contributed by atoms with Crippen molar-refractivity contribution in [3.63, 3.8) is 0 Å². The molecule has 0 aromatic heterocycles. The number of carbonyl (C=O) groups excluding carboxylic acids is 1. The smallest absolute Gasteiger partial charge is 0.302 e. The predicted molar refractivity (Wildman–Crippen MR) is 60.2 cm³/mol. The zero-order valence-corrected chi connectivity index (χ0v) is 10.3. The van der Waals surface area contributed by atoms with Crippen LogP contribution in [0.4, 0.5) is 0 Å². The quantitative estimate of drug-likeness (QED) is 0.527. The van der Waals surface area contributed by atoms with Crippen LogP contribution in [0.1, 0.15) is 20.8 Å². The van der Waals surface area contributed by atoms with E-state index < -0.39 is 0 Å². The van der Waals surface area contributed by atoms with E-state index in [-0.39, 0.29) is 12.1 Å². The standard InChI is InChI=1S/C10H20NO2P/c1-6-4-11-5-9(14)7(2)10(6)13-8(3)12/h6-7,9-11H,4-5,14H2,1-3H3. The second-order valence-electron chi connectivity index (χ2n) is 4.23. The molecule has 1 N–H and O–H groups in total. The summed E-state index contributed by atoms with van der Waals surface area (Å²) in [5, 5.41) is 3.37. The van der Waals surface area contributed by atoms with Crippen LogP contribution in [0.15, 0.2) is 0 Å². The molecule has 3 nitrogen and oxygen atoms in total. The van der Waals surface area contributed by atoms with E-state index in [1.54, 1.807) is 0 Å². The Bertz CT molecular complexity index is 210. The molecule has 1 saturated heterocycles. The largest absolute Gasteiger partial charge is 0.462 e. The fourth-order valence-electron chi connectivity index (χ4n) is 1.96. The van der Waals surface area contributed by atoms with Gasteiger partial charge in [-0.3, -0.25) is 4.79 Å². The highest BCUT2D eigenvalue weighted by atomic mass is 31.0. The molecule has 4 heteroatoms. The first-order chi connectivity index (χ1) is 6.52. The normalized spacial score (nSPS) is 38.9. The highest BCUT2D eigenvalue weighted by Gasteiger charge is 2.32. The number of carbonyl (C=O) groups is 1. The lowest BCUT2D eigenvalue weighted by Crippen LogP contribution is -2.34. The minimum Gasteiger partial charge on any atom is -0.462 e. The highest BCUT2D eigenvalue weighted by molar-refractivity contribution is 7.17. The van der Waals surface area contributed by atoms with Gasteiger partial charge in [0.25, 0.3) is 0 Å². The molecule has 0 bridgehead atoms. The van der Waals surface area contributed by atoms with Crippen molar-refractivity contribution in [2.75, 3.05) is 13.1 Å². The van der Waals surface area contributed by atoms with Gasteiger partial charge in [0.2, 0.25) is 0 Å². The fourth-order valence-corrected chi connectivity index (χ4v) is 2.34. The summed E-state index contributed by atoms with van der Waals surface area (Å²) >= 11 is 0. The molecule has 0 radical (unpaired) electrons. The van der Waals surface area contributed by atoms with Crippen LogP contribution in [-0.4, -0.2) is 30.8 Å². The molecule has 82 valence electrons. The van der Waals surface area contributed by atoms with Gasteiger partial charge in [-0.2, -0.15) is 0 Å². The average Bonchev–Trinajstić information content (AvgIpc) is 2.20. The predicted octanol–water partition coefficient (Wildman–Crippen LogP) is 1.04. The van der Waals surface area contributed by atoms with E-state index in [0.717, 1.165) is 13.1 Å². The van der Waals surface area contributed by atoms with Gasteiger partial charge in [-0.25, -0.2) is 0 Å². The molecular weight excluding hydrogens is 197 g/mol. The molecular formula is C10H20NO2P. The Morgan fingerprint density at radius 1 is 1.43 bits per heavy atom. The lowest BCUT2D eigenvalue weighted by molar-refractivity contribution is -0.151. The number of esters is 1. The number of hydrogen-bond donors (Lipinski definition) is 1. The van der Waals surface area contributed by atoms with Crippen molar-refractivity contribution >= 4 is 15.2 Å². The molecule has 0 aliphatic carbocycles. The monoisotopic (exact) mass is 217 g/mol. The summed E-state index contributed by atoms with van der Waals surface area (Å²) in [7, 11) is 2.83. The van der Waals surface area contributed by atoms with Crippen molar-refractivity contribution in [1.82, 2.24) is 5.32 Å². The summed E-state index contributed by atoms with van der Waals surface area (Å²) in [6.45, 7) is 7.66. The van der Waals surface area contributed by atoms with Gasteiger partial charge in [-0.05, 0) is 5.66 Å². The van der Waals surface area contributed by atoms with Gasteiger partial charge in [0.05, 0.1) is 0 Å². The number of ether oxygens (including phenoxy) is 1. The topological polar surface area (TPSA) is 38.3 Å². The number of rotatable bonds is 1. The van der Waals surface area contributed by atoms with Gasteiger partial charge in [-0.15, -0.1) is 9.24 Å². The van der Waals surface area contributed by atoms with Crippen molar-refractivity contribution in [1.29, 1.82) is 0 Å². The molecule has 0 amide bonds.